The average Bonchev–Trinajstić information content (AvgIpc) is 3.05. The van der Waals surface area contributed by atoms with E-state index in [1.165, 1.54) is 43.6 Å². The molecule has 0 spiro atoms. The van der Waals surface area contributed by atoms with Crippen molar-refractivity contribution in [3.05, 3.63) is 40.8 Å². The minimum Gasteiger partial charge on any atom is -0.366 e. The van der Waals surface area contributed by atoms with Crippen LogP contribution in [0.4, 0.5) is 0 Å². The molecule has 1 saturated carbocycles. The minimum absolute atomic E-state index is 0.442. The van der Waals surface area contributed by atoms with Crippen LogP contribution in [0.2, 0.25) is 0 Å². The van der Waals surface area contributed by atoms with Crippen LogP contribution < -0.4 is 5.73 Å². The number of nitrogens with two attached hydrogens (primary N) is 1. The number of aromatic amines is 1. The first-order valence-corrected chi connectivity index (χ1v) is 10.1. The van der Waals surface area contributed by atoms with Gasteiger partial charge < -0.3 is 10.7 Å². The summed E-state index contributed by atoms with van der Waals surface area (Å²) in [5.41, 5.74) is 7.45. The van der Waals surface area contributed by atoms with Crippen molar-refractivity contribution in [2.24, 2.45) is 11.7 Å². The van der Waals surface area contributed by atoms with Crippen LogP contribution in [-0.2, 0) is 0 Å². The summed E-state index contributed by atoms with van der Waals surface area (Å²) < 4.78 is 0. The number of nitrogens with one attached hydrogen (secondary N) is 1. The quantitative estimate of drug-likeness (QED) is 0.718. The van der Waals surface area contributed by atoms with Gasteiger partial charge in [-0.05, 0) is 62.4 Å². The molecule has 1 atom stereocenters. The Labute approximate surface area is 156 Å². The molecule has 1 aromatic carbocycles. The number of benzene rings is 1. The molecule has 3 N–H and O–H groups in total. The molecule has 1 aliphatic carbocycles. The molecule has 3 heterocycles. The van der Waals surface area contributed by atoms with Crippen molar-refractivity contribution in [1.82, 2.24) is 14.9 Å². The molecule has 1 unspecified atom stereocenters. The van der Waals surface area contributed by atoms with E-state index >= 15 is 0 Å². The Morgan fingerprint density at radius 2 is 2.15 bits per heavy atom. The number of carbonyl (C=O) groups is 1. The number of rotatable bonds is 5. The summed E-state index contributed by atoms with van der Waals surface area (Å²) in [4.78, 5) is 24.8. The van der Waals surface area contributed by atoms with Crippen LogP contribution in [0.1, 0.15) is 47.0 Å². The number of hydrogen-bond donors (Lipinski definition) is 2. The maximum Gasteiger partial charge on any atom is 0.250 e. The van der Waals surface area contributed by atoms with E-state index in [4.69, 9.17) is 5.73 Å². The largest absolute Gasteiger partial charge is 0.366 e. The highest BCUT2D eigenvalue weighted by atomic mass is 32.1. The van der Waals surface area contributed by atoms with Gasteiger partial charge in [0, 0.05) is 17.5 Å². The van der Waals surface area contributed by atoms with E-state index in [9.17, 15) is 4.79 Å². The monoisotopic (exact) mass is 366 g/mol. The lowest BCUT2D eigenvalue weighted by Gasteiger charge is -2.23. The van der Waals surface area contributed by atoms with E-state index in [2.05, 4.69) is 27.0 Å². The molecule has 6 heteroatoms. The molecule has 26 heavy (non-hydrogen) atoms. The number of aromatic nitrogens is 2. The van der Waals surface area contributed by atoms with Gasteiger partial charge in [-0.3, -0.25) is 9.69 Å². The first-order valence-electron chi connectivity index (χ1n) is 9.32. The topological polar surface area (TPSA) is 75.0 Å². The van der Waals surface area contributed by atoms with E-state index in [0.29, 0.717) is 17.1 Å². The number of fused-ring (bicyclic) bond motifs is 1. The van der Waals surface area contributed by atoms with Crippen LogP contribution in [0.25, 0.3) is 21.7 Å². The normalized spacial score (nSPS) is 20.8. The number of imidazole rings is 1. The number of amides is 1. The molecule has 3 aromatic rings. The zero-order chi connectivity index (χ0) is 17.7. The molecule has 1 amide bonds. The first-order chi connectivity index (χ1) is 12.7. The van der Waals surface area contributed by atoms with Crippen molar-refractivity contribution in [3.63, 3.8) is 0 Å². The van der Waals surface area contributed by atoms with Gasteiger partial charge in [0.05, 0.1) is 16.0 Å². The third-order valence-electron chi connectivity index (χ3n) is 5.52. The zero-order valence-corrected chi connectivity index (χ0v) is 15.4. The Bertz CT molecular complexity index is 971. The maximum absolute atomic E-state index is 11.6. The van der Waals surface area contributed by atoms with Crippen LogP contribution in [0.3, 0.4) is 0 Å². The van der Waals surface area contributed by atoms with Crippen LogP contribution >= 0.6 is 11.3 Å². The van der Waals surface area contributed by atoms with Crippen LogP contribution in [-0.4, -0.2) is 33.9 Å². The first kappa shape index (κ1) is 16.0. The van der Waals surface area contributed by atoms with E-state index in [1.54, 1.807) is 6.07 Å². The van der Waals surface area contributed by atoms with Gasteiger partial charge in [0.25, 0.3) is 5.91 Å². The maximum atomic E-state index is 11.6. The third-order valence-corrected chi connectivity index (χ3v) is 6.71. The van der Waals surface area contributed by atoms with Gasteiger partial charge in [-0.1, -0.05) is 6.07 Å². The summed E-state index contributed by atoms with van der Waals surface area (Å²) in [6.45, 7) is 2.48. The van der Waals surface area contributed by atoms with Crippen LogP contribution in [0.5, 0.6) is 0 Å². The summed E-state index contributed by atoms with van der Waals surface area (Å²) in [6.07, 6.45) is 5.34. The molecule has 5 nitrogen and oxygen atoms in total. The van der Waals surface area contributed by atoms with Crippen LogP contribution in [0, 0.1) is 5.92 Å². The fourth-order valence-electron chi connectivity index (χ4n) is 4.01. The summed E-state index contributed by atoms with van der Waals surface area (Å²) >= 11 is 1.81. The Morgan fingerprint density at radius 3 is 2.96 bits per heavy atom. The Morgan fingerprint density at radius 1 is 1.27 bits per heavy atom. The Kier molecular flexibility index (Phi) is 3.83. The number of carbonyl (C=O) groups excluding carboxylic acids is 1. The lowest BCUT2D eigenvalue weighted by molar-refractivity contribution is 0.100. The minimum atomic E-state index is -0.442. The zero-order valence-electron chi connectivity index (χ0n) is 14.6. The number of primary amides is 1. The third kappa shape index (κ3) is 2.83. The number of nitrogens with zero attached hydrogens (tertiary/aromatic N) is 2. The second-order valence-electron chi connectivity index (χ2n) is 7.45. The summed E-state index contributed by atoms with van der Waals surface area (Å²) in [6, 6.07) is 10.4. The SMILES string of the molecule is NC(=O)c1cccc2[nH]c(-c3ccc(C4CCCN4CC4CC4)s3)nc12. The van der Waals surface area contributed by atoms with Gasteiger partial charge in [-0.25, -0.2) is 4.98 Å². The molecule has 5 rings (SSSR count). The van der Waals surface area contributed by atoms with Crippen molar-refractivity contribution in [1.29, 1.82) is 0 Å². The molecular formula is C20H22N4OS. The standard InChI is InChI=1S/C20H22N4OS/c21-19(25)13-3-1-4-14-18(13)23-20(22-14)17-9-8-16(26-17)15-5-2-10-24(15)11-12-6-7-12/h1,3-4,8-9,12,15H,2,5-7,10-11H2,(H2,21,25)(H,22,23). The summed E-state index contributed by atoms with van der Waals surface area (Å²) in [7, 11) is 0. The Balaban J connectivity index is 1.45. The van der Waals surface area contributed by atoms with Crippen molar-refractivity contribution in [2.45, 2.75) is 31.7 Å². The van der Waals surface area contributed by atoms with Gasteiger partial charge in [0.15, 0.2) is 0 Å². The van der Waals surface area contributed by atoms with Gasteiger partial charge in [0.1, 0.15) is 11.3 Å². The predicted molar refractivity (Wildman–Crippen MR) is 104 cm³/mol. The van der Waals surface area contributed by atoms with Crippen molar-refractivity contribution < 1.29 is 4.79 Å². The van der Waals surface area contributed by atoms with Crippen LogP contribution in [0.15, 0.2) is 30.3 Å². The highest BCUT2D eigenvalue weighted by Crippen LogP contribution is 2.41. The predicted octanol–water partition coefficient (Wildman–Crippen LogP) is 3.94. The van der Waals surface area contributed by atoms with Gasteiger partial charge >= 0.3 is 0 Å². The van der Waals surface area contributed by atoms with Gasteiger partial charge in [0.2, 0.25) is 0 Å². The second-order valence-corrected chi connectivity index (χ2v) is 8.57. The number of likely N-dealkylation sites (tertiary alicyclic amines) is 1. The molecule has 0 bridgehead atoms. The van der Waals surface area contributed by atoms with Crippen molar-refractivity contribution >= 4 is 28.3 Å². The fourth-order valence-corrected chi connectivity index (χ4v) is 5.13. The molecule has 2 aromatic heterocycles. The van der Waals surface area contributed by atoms with Crippen molar-refractivity contribution in [2.75, 3.05) is 13.1 Å². The van der Waals surface area contributed by atoms with E-state index < -0.39 is 5.91 Å². The molecule has 1 saturated heterocycles. The van der Waals surface area contributed by atoms with E-state index in [0.717, 1.165) is 22.1 Å². The second kappa shape index (κ2) is 6.21. The molecule has 2 aliphatic rings. The van der Waals surface area contributed by atoms with Gasteiger partial charge in [-0.15, -0.1) is 11.3 Å². The highest BCUT2D eigenvalue weighted by molar-refractivity contribution is 7.15. The number of hydrogen-bond acceptors (Lipinski definition) is 4. The lowest BCUT2D eigenvalue weighted by Crippen LogP contribution is -2.24. The number of H-pyrrole nitrogens is 1. The highest BCUT2D eigenvalue weighted by Gasteiger charge is 2.32. The fraction of sp³-hybridized carbons (Fsp3) is 0.400. The molecule has 134 valence electrons. The van der Waals surface area contributed by atoms with E-state index in [-0.39, 0.29) is 0 Å². The Hall–Kier alpha value is -2.18. The molecular weight excluding hydrogens is 344 g/mol. The molecule has 0 radical (unpaired) electrons. The van der Waals surface area contributed by atoms with Crippen molar-refractivity contribution in [3.8, 4) is 10.7 Å². The summed E-state index contributed by atoms with van der Waals surface area (Å²) in [5, 5.41) is 0. The number of thiophene rings is 1. The summed E-state index contributed by atoms with van der Waals surface area (Å²) in [5.74, 6) is 1.30. The molecule has 1 aliphatic heterocycles. The smallest absolute Gasteiger partial charge is 0.250 e. The number of para-hydroxylation sites is 1. The van der Waals surface area contributed by atoms with Gasteiger partial charge in [-0.2, -0.15) is 0 Å². The molecule has 2 fully saturated rings. The average molecular weight is 366 g/mol. The van der Waals surface area contributed by atoms with E-state index in [1.807, 2.05) is 23.5 Å². The lowest BCUT2D eigenvalue weighted by atomic mass is 10.2.